The Morgan fingerprint density at radius 1 is 1.06 bits per heavy atom. The quantitative estimate of drug-likeness (QED) is 0.574. The SMILES string of the molecule is CNC(=O)C1Cc2ccccc2CN1C(=O)C(Cc1cn(C)c2ccccc12)NC(=O)OC(C)(C)C. The number of aromatic nitrogens is 1. The zero-order valence-corrected chi connectivity index (χ0v) is 21.5. The second-order valence-electron chi connectivity index (χ2n) is 10.3. The molecule has 0 fully saturated rings. The lowest BCUT2D eigenvalue weighted by Crippen LogP contribution is -2.58. The smallest absolute Gasteiger partial charge is 0.408 e. The highest BCUT2D eigenvalue weighted by molar-refractivity contribution is 5.93. The summed E-state index contributed by atoms with van der Waals surface area (Å²) < 4.78 is 7.49. The minimum Gasteiger partial charge on any atom is -0.444 e. The second kappa shape index (κ2) is 10.0. The molecule has 0 bridgehead atoms. The van der Waals surface area contributed by atoms with Crippen LogP contribution in [0.1, 0.15) is 37.5 Å². The lowest BCUT2D eigenvalue weighted by atomic mass is 9.92. The van der Waals surface area contributed by atoms with Crippen LogP contribution in [0.25, 0.3) is 10.9 Å². The van der Waals surface area contributed by atoms with Crippen LogP contribution < -0.4 is 10.6 Å². The maximum Gasteiger partial charge on any atom is 0.408 e. The number of benzene rings is 2. The number of amides is 3. The van der Waals surface area contributed by atoms with Gasteiger partial charge in [-0.3, -0.25) is 9.59 Å². The minimum atomic E-state index is -0.914. The number of hydrogen-bond acceptors (Lipinski definition) is 4. The molecule has 0 saturated carbocycles. The molecule has 0 saturated heterocycles. The number of nitrogens with one attached hydrogen (secondary N) is 2. The van der Waals surface area contributed by atoms with E-state index in [1.54, 1.807) is 32.7 Å². The van der Waals surface area contributed by atoms with E-state index in [0.717, 1.165) is 27.6 Å². The number of aryl methyl sites for hydroxylation is 1. The topological polar surface area (TPSA) is 92.7 Å². The van der Waals surface area contributed by atoms with Gasteiger partial charge in [-0.2, -0.15) is 0 Å². The predicted octanol–water partition coefficient (Wildman–Crippen LogP) is 3.31. The Bertz CT molecular complexity index is 1290. The highest BCUT2D eigenvalue weighted by Crippen LogP contribution is 2.26. The molecule has 36 heavy (non-hydrogen) atoms. The Labute approximate surface area is 211 Å². The van der Waals surface area contributed by atoms with Gasteiger partial charge in [0.25, 0.3) is 0 Å². The third kappa shape index (κ3) is 5.37. The summed E-state index contributed by atoms with van der Waals surface area (Å²) in [4.78, 5) is 41.3. The molecule has 8 heteroatoms. The molecule has 4 rings (SSSR count). The van der Waals surface area contributed by atoms with Gasteiger partial charge in [0.05, 0.1) is 0 Å². The normalized spacial score (nSPS) is 16.2. The Hall–Kier alpha value is -3.81. The van der Waals surface area contributed by atoms with Crippen molar-refractivity contribution in [3.05, 3.63) is 71.4 Å². The number of nitrogens with zero attached hydrogens (tertiary/aromatic N) is 2. The van der Waals surface area contributed by atoms with E-state index in [1.165, 1.54) is 0 Å². The lowest BCUT2D eigenvalue weighted by Gasteiger charge is -2.38. The summed E-state index contributed by atoms with van der Waals surface area (Å²) in [5.74, 6) is -0.559. The van der Waals surface area contributed by atoms with E-state index in [0.29, 0.717) is 6.42 Å². The molecule has 1 aliphatic heterocycles. The van der Waals surface area contributed by atoms with Gasteiger partial charge in [-0.1, -0.05) is 42.5 Å². The molecule has 2 atom stereocenters. The second-order valence-corrected chi connectivity index (χ2v) is 10.3. The summed E-state index contributed by atoms with van der Waals surface area (Å²) in [5.41, 5.74) is 3.28. The number of likely N-dealkylation sites (N-methyl/N-ethyl adjacent to an activating group) is 1. The predicted molar refractivity (Wildman–Crippen MR) is 138 cm³/mol. The summed E-state index contributed by atoms with van der Waals surface area (Å²) in [6, 6.07) is 14.2. The molecular formula is C28H34N4O4. The van der Waals surface area contributed by atoms with Crippen LogP contribution in [0, 0.1) is 0 Å². The zero-order chi connectivity index (χ0) is 26.0. The number of hydrogen-bond donors (Lipinski definition) is 2. The summed E-state index contributed by atoms with van der Waals surface area (Å²) in [6.07, 6.45) is 1.98. The van der Waals surface area contributed by atoms with E-state index in [4.69, 9.17) is 4.74 Å². The van der Waals surface area contributed by atoms with Crippen LogP contribution in [0.15, 0.2) is 54.7 Å². The fourth-order valence-electron chi connectivity index (χ4n) is 4.81. The minimum absolute atomic E-state index is 0.237. The summed E-state index contributed by atoms with van der Waals surface area (Å²) in [6.45, 7) is 5.61. The first-order valence-electron chi connectivity index (χ1n) is 12.2. The molecule has 0 radical (unpaired) electrons. The van der Waals surface area contributed by atoms with Crippen molar-refractivity contribution in [3.63, 3.8) is 0 Å². The molecule has 3 aromatic rings. The molecule has 0 aliphatic carbocycles. The monoisotopic (exact) mass is 490 g/mol. The first kappa shape index (κ1) is 25.3. The summed E-state index contributed by atoms with van der Waals surface area (Å²) in [7, 11) is 3.52. The van der Waals surface area contributed by atoms with Gasteiger partial charge in [0.1, 0.15) is 17.7 Å². The van der Waals surface area contributed by atoms with Crippen molar-refractivity contribution in [3.8, 4) is 0 Å². The molecule has 1 aromatic heterocycles. The van der Waals surface area contributed by atoms with Gasteiger partial charge in [0, 0.05) is 50.6 Å². The largest absolute Gasteiger partial charge is 0.444 e. The van der Waals surface area contributed by atoms with Gasteiger partial charge in [0.15, 0.2) is 0 Å². The van der Waals surface area contributed by atoms with Crippen molar-refractivity contribution in [1.82, 2.24) is 20.1 Å². The number of alkyl carbamates (subject to hydrolysis) is 1. The number of ether oxygens (including phenoxy) is 1. The van der Waals surface area contributed by atoms with Gasteiger partial charge in [-0.15, -0.1) is 0 Å². The van der Waals surface area contributed by atoms with Crippen molar-refractivity contribution >= 4 is 28.8 Å². The average molecular weight is 491 g/mol. The van der Waals surface area contributed by atoms with Crippen molar-refractivity contribution in [2.75, 3.05) is 7.05 Å². The van der Waals surface area contributed by atoms with E-state index in [1.807, 2.05) is 66.3 Å². The number of carbonyl (C=O) groups excluding carboxylic acids is 3. The first-order valence-corrected chi connectivity index (χ1v) is 12.2. The molecule has 2 heterocycles. The van der Waals surface area contributed by atoms with Crippen molar-refractivity contribution < 1.29 is 19.1 Å². The zero-order valence-electron chi connectivity index (χ0n) is 21.5. The molecule has 2 unspecified atom stereocenters. The van der Waals surface area contributed by atoms with Crippen LogP contribution in [0.5, 0.6) is 0 Å². The molecule has 8 nitrogen and oxygen atoms in total. The number of para-hydroxylation sites is 1. The Morgan fingerprint density at radius 3 is 2.42 bits per heavy atom. The van der Waals surface area contributed by atoms with E-state index < -0.39 is 23.8 Å². The highest BCUT2D eigenvalue weighted by Gasteiger charge is 2.38. The van der Waals surface area contributed by atoms with Crippen LogP contribution in [-0.2, 0) is 40.8 Å². The Kier molecular flexibility index (Phi) is 7.06. The Morgan fingerprint density at radius 2 is 1.72 bits per heavy atom. The van der Waals surface area contributed by atoms with Gasteiger partial charge in [-0.25, -0.2) is 4.79 Å². The molecule has 1 aliphatic rings. The summed E-state index contributed by atoms with van der Waals surface area (Å²) in [5, 5.41) is 6.50. The molecular weight excluding hydrogens is 456 g/mol. The number of rotatable bonds is 5. The molecule has 2 N–H and O–H groups in total. The van der Waals surface area contributed by atoms with Crippen LogP contribution in [-0.4, -0.2) is 52.1 Å². The van der Waals surface area contributed by atoms with Gasteiger partial charge >= 0.3 is 6.09 Å². The third-order valence-electron chi connectivity index (χ3n) is 6.47. The van der Waals surface area contributed by atoms with Crippen molar-refractivity contribution in [2.24, 2.45) is 7.05 Å². The highest BCUT2D eigenvalue weighted by atomic mass is 16.6. The molecule has 3 amide bonds. The Balaban J connectivity index is 1.69. The maximum atomic E-state index is 14.1. The first-order chi connectivity index (χ1) is 17.1. The molecule has 0 spiro atoms. The van der Waals surface area contributed by atoms with Crippen LogP contribution in [0.2, 0.25) is 0 Å². The fraction of sp³-hybridized carbons (Fsp3) is 0.393. The van der Waals surface area contributed by atoms with Gasteiger partial charge < -0.3 is 24.8 Å². The van der Waals surface area contributed by atoms with Gasteiger partial charge in [0.2, 0.25) is 11.8 Å². The van der Waals surface area contributed by atoms with E-state index in [-0.39, 0.29) is 24.8 Å². The molecule has 190 valence electrons. The third-order valence-corrected chi connectivity index (χ3v) is 6.47. The fourth-order valence-corrected chi connectivity index (χ4v) is 4.81. The standard InChI is InChI=1S/C28H34N4O4/c1-28(2,3)36-27(35)30-22(14-20-16-31(5)23-13-9-8-12-21(20)23)26(34)32-17-19-11-7-6-10-18(19)15-24(32)25(33)29-4/h6-13,16,22,24H,14-15,17H2,1-5H3,(H,29,33)(H,30,35). The number of carbonyl (C=O) groups is 3. The van der Waals surface area contributed by atoms with Crippen LogP contribution >= 0.6 is 0 Å². The van der Waals surface area contributed by atoms with Crippen molar-refractivity contribution in [2.45, 2.75) is 57.8 Å². The van der Waals surface area contributed by atoms with Crippen LogP contribution in [0.3, 0.4) is 0 Å². The lowest BCUT2D eigenvalue weighted by molar-refractivity contribution is -0.143. The van der Waals surface area contributed by atoms with E-state index >= 15 is 0 Å². The van der Waals surface area contributed by atoms with E-state index in [9.17, 15) is 14.4 Å². The average Bonchev–Trinajstić information content (AvgIpc) is 3.16. The summed E-state index contributed by atoms with van der Waals surface area (Å²) >= 11 is 0. The maximum absolute atomic E-state index is 14.1. The number of fused-ring (bicyclic) bond motifs is 2. The molecule has 2 aromatic carbocycles. The van der Waals surface area contributed by atoms with E-state index in [2.05, 4.69) is 10.6 Å². The van der Waals surface area contributed by atoms with Crippen molar-refractivity contribution in [1.29, 1.82) is 0 Å². The van der Waals surface area contributed by atoms with Gasteiger partial charge in [-0.05, 0) is 43.5 Å². The van der Waals surface area contributed by atoms with Crippen LogP contribution in [0.4, 0.5) is 4.79 Å².